The van der Waals surface area contributed by atoms with Crippen LogP contribution in [0.2, 0.25) is 0 Å². The number of ether oxygens (including phenoxy) is 2. The highest BCUT2D eigenvalue weighted by Crippen LogP contribution is 2.43. The zero-order valence-corrected chi connectivity index (χ0v) is 11.3. The molecule has 0 aromatic carbocycles. The maximum atomic E-state index is 6.26. The highest BCUT2D eigenvalue weighted by molar-refractivity contribution is 4.93. The lowest BCUT2D eigenvalue weighted by Gasteiger charge is -2.24. The molecule has 1 spiro atoms. The summed E-state index contributed by atoms with van der Waals surface area (Å²) < 4.78 is 11.7. The van der Waals surface area contributed by atoms with Crippen molar-refractivity contribution in [2.45, 2.75) is 70.1 Å². The van der Waals surface area contributed by atoms with E-state index in [1.54, 1.807) is 0 Å². The van der Waals surface area contributed by atoms with Gasteiger partial charge in [-0.15, -0.1) is 0 Å². The van der Waals surface area contributed by atoms with Crippen LogP contribution >= 0.6 is 0 Å². The topological polar surface area (TPSA) is 30.5 Å². The third-order valence-electron chi connectivity index (χ3n) is 4.12. The van der Waals surface area contributed by atoms with Gasteiger partial charge in [0, 0.05) is 19.2 Å². The summed E-state index contributed by atoms with van der Waals surface area (Å²) in [7, 11) is 0. The molecule has 1 N–H and O–H groups in total. The van der Waals surface area contributed by atoms with Crippen molar-refractivity contribution in [3.05, 3.63) is 0 Å². The molecule has 3 heteroatoms. The largest absolute Gasteiger partial charge is 0.380 e. The molecule has 0 radical (unpaired) electrons. The highest BCUT2D eigenvalue weighted by atomic mass is 16.5. The Balaban J connectivity index is 1.64. The predicted molar refractivity (Wildman–Crippen MR) is 69.3 cm³/mol. The van der Waals surface area contributed by atoms with Gasteiger partial charge in [-0.3, -0.25) is 0 Å². The third-order valence-corrected chi connectivity index (χ3v) is 4.12. The maximum absolute atomic E-state index is 6.26. The molecular formula is C14H27NO2. The summed E-state index contributed by atoms with van der Waals surface area (Å²) in [5.41, 5.74) is 0.273. The molecule has 1 saturated heterocycles. The molecule has 2 atom stereocenters. The lowest BCUT2D eigenvalue weighted by atomic mass is 9.98. The zero-order valence-electron chi connectivity index (χ0n) is 11.3. The van der Waals surface area contributed by atoms with Gasteiger partial charge in [0.05, 0.1) is 18.3 Å². The van der Waals surface area contributed by atoms with Crippen LogP contribution in [0.1, 0.15) is 52.4 Å². The van der Waals surface area contributed by atoms with Crippen molar-refractivity contribution in [1.29, 1.82) is 0 Å². The Morgan fingerprint density at radius 3 is 2.82 bits per heavy atom. The summed E-state index contributed by atoms with van der Waals surface area (Å²) in [6, 6.07) is 0.429. The van der Waals surface area contributed by atoms with Gasteiger partial charge in [0.1, 0.15) is 0 Å². The van der Waals surface area contributed by atoms with Crippen LogP contribution < -0.4 is 5.32 Å². The van der Waals surface area contributed by atoms with E-state index in [2.05, 4.69) is 12.2 Å². The van der Waals surface area contributed by atoms with E-state index < -0.39 is 0 Å². The molecular weight excluding hydrogens is 214 g/mol. The van der Waals surface area contributed by atoms with Crippen molar-refractivity contribution < 1.29 is 9.47 Å². The van der Waals surface area contributed by atoms with Gasteiger partial charge in [-0.1, -0.05) is 12.8 Å². The summed E-state index contributed by atoms with van der Waals surface area (Å²) in [5.74, 6) is 0. The number of rotatable bonds is 6. The maximum Gasteiger partial charge on any atom is 0.0708 e. The highest BCUT2D eigenvalue weighted by Gasteiger charge is 2.41. The minimum absolute atomic E-state index is 0.273. The van der Waals surface area contributed by atoms with Gasteiger partial charge in [0.2, 0.25) is 0 Å². The fourth-order valence-electron chi connectivity index (χ4n) is 3.11. The first kappa shape index (κ1) is 13.3. The minimum Gasteiger partial charge on any atom is -0.380 e. The van der Waals surface area contributed by atoms with Gasteiger partial charge in [-0.05, 0) is 39.5 Å². The standard InChI is InChI=1S/C14H27NO2/c1-3-16-11-12(2)15-10-13-6-9-14(17-13)7-4-5-8-14/h12-13,15H,3-11H2,1-2H3. The fraction of sp³-hybridized carbons (Fsp3) is 1.00. The summed E-state index contributed by atoms with van der Waals surface area (Å²) in [5, 5.41) is 3.52. The summed E-state index contributed by atoms with van der Waals surface area (Å²) in [6.45, 7) is 6.80. The zero-order chi connectivity index (χ0) is 12.1. The fourth-order valence-corrected chi connectivity index (χ4v) is 3.11. The first-order valence-electron chi connectivity index (χ1n) is 7.23. The van der Waals surface area contributed by atoms with E-state index in [1.165, 1.54) is 38.5 Å². The monoisotopic (exact) mass is 241 g/mol. The summed E-state index contributed by atoms with van der Waals surface area (Å²) in [6.07, 6.45) is 8.24. The van der Waals surface area contributed by atoms with Crippen LogP contribution in [0.4, 0.5) is 0 Å². The number of nitrogens with one attached hydrogen (secondary N) is 1. The van der Waals surface area contributed by atoms with E-state index in [4.69, 9.17) is 9.47 Å². The molecule has 1 saturated carbocycles. The van der Waals surface area contributed by atoms with Crippen LogP contribution in [-0.4, -0.2) is 37.5 Å². The Labute approximate surface area is 105 Å². The van der Waals surface area contributed by atoms with Gasteiger partial charge in [-0.2, -0.15) is 0 Å². The molecule has 100 valence electrons. The Bertz CT molecular complexity index is 226. The summed E-state index contributed by atoms with van der Waals surface area (Å²) in [4.78, 5) is 0. The molecule has 0 aromatic rings. The molecule has 3 nitrogen and oxygen atoms in total. The first-order chi connectivity index (χ1) is 8.24. The lowest BCUT2D eigenvalue weighted by molar-refractivity contribution is -0.0365. The number of hydrogen-bond donors (Lipinski definition) is 1. The molecule has 2 aliphatic rings. The van der Waals surface area contributed by atoms with E-state index in [-0.39, 0.29) is 5.60 Å². The van der Waals surface area contributed by atoms with Crippen LogP contribution in [-0.2, 0) is 9.47 Å². The number of hydrogen-bond acceptors (Lipinski definition) is 3. The molecule has 2 unspecified atom stereocenters. The van der Waals surface area contributed by atoms with Crippen molar-refractivity contribution in [1.82, 2.24) is 5.32 Å². The van der Waals surface area contributed by atoms with Crippen molar-refractivity contribution in [2.75, 3.05) is 19.8 Å². The molecule has 0 amide bonds. The van der Waals surface area contributed by atoms with Crippen LogP contribution in [0.5, 0.6) is 0 Å². The molecule has 17 heavy (non-hydrogen) atoms. The van der Waals surface area contributed by atoms with E-state index in [1.807, 2.05) is 6.92 Å². The Kier molecular flexibility index (Phi) is 4.83. The van der Waals surface area contributed by atoms with Crippen molar-refractivity contribution in [3.63, 3.8) is 0 Å². The van der Waals surface area contributed by atoms with Gasteiger partial charge >= 0.3 is 0 Å². The SMILES string of the molecule is CCOCC(C)NCC1CCC2(CCCC2)O1. The quantitative estimate of drug-likeness (QED) is 0.775. The van der Waals surface area contributed by atoms with E-state index in [0.717, 1.165) is 19.8 Å². The smallest absolute Gasteiger partial charge is 0.0708 e. The van der Waals surface area contributed by atoms with Crippen LogP contribution in [0.3, 0.4) is 0 Å². The van der Waals surface area contributed by atoms with Crippen molar-refractivity contribution in [2.24, 2.45) is 0 Å². The average Bonchev–Trinajstić information content (AvgIpc) is 2.95. The Morgan fingerprint density at radius 2 is 2.12 bits per heavy atom. The second-order valence-corrected chi connectivity index (χ2v) is 5.64. The third kappa shape index (κ3) is 3.67. The lowest BCUT2D eigenvalue weighted by Crippen LogP contribution is -2.37. The predicted octanol–water partition coefficient (Wildman–Crippen LogP) is 2.49. The van der Waals surface area contributed by atoms with E-state index in [9.17, 15) is 0 Å². The second kappa shape index (κ2) is 6.17. The summed E-state index contributed by atoms with van der Waals surface area (Å²) >= 11 is 0. The Hall–Kier alpha value is -0.120. The van der Waals surface area contributed by atoms with Crippen LogP contribution in [0.25, 0.3) is 0 Å². The van der Waals surface area contributed by atoms with Crippen LogP contribution in [0.15, 0.2) is 0 Å². The van der Waals surface area contributed by atoms with E-state index >= 15 is 0 Å². The van der Waals surface area contributed by atoms with Crippen molar-refractivity contribution in [3.8, 4) is 0 Å². The van der Waals surface area contributed by atoms with Crippen LogP contribution in [0, 0.1) is 0 Å². The van der Waals surface area contributed by atoms with Gasteiger partial charge < -0.3 is 14.8 Å². The Morgan fingerprint density at radius 1 is 1.35 bits per heavy atom. The van der Waals surface area contributed by atoms with E-state index in [0.29, 0.717) is 12.1 Å². The molecule has 1 aliphatic heterocycles. The van der Waals surface area contributed by atoms with Gasteiger partial charge in [-0.25, -0.2) is 0 Å². The molecule has 1 aliphatic carbocycles. The second-order valence-electron chi connectivity index (χ2n) is 5.64. The molecule has 2 rings (SSSR count). The molecule has 1 heterocycles. The normalized spacial score (nSPS) is 28.9. The molecule has 2 fully saturated rings. The van der Waals surface area contributed by atoms with Gasteiger partial charge in [0.15, 0.2) is 0 Å². The average molecular weight is 241 g/mol. The molecule has 0 aromatic heterocycles. The minimum atomic E-state index is 0.273. The molecule has 0 bridgehead atoms. The van der Waals surface area contributed by atoms with Gasteiger partial charge in [0.25, 0.3) is 0 Å². The van der Waals surface area contributed by atoms with Crippen molar-refractivity contribution >= 4 is 0 Å². The first-order valence-corrected chi connectivity index (χ1v) is 7.23.